The molecule has 4 nitrogen and oxygen atoms in total. The van der Waals surface area contributed by atoms with Gasteiger partial charge in [-0.3, -0.25) is 14.5 Å². The van der Waals surface area contributed by atoms with E-state index in [1.807, 2.05) is 39.0 Å². The summed E-state index contributed by atoms with van der Waals surface area (Å²) in [5.41, 5.74) is 6.41. The maximum absolute atomic E-state index is 12.8. The van der Waals surface area contributed by atoms with Crippen molar-refractivity contribution in [1.29, 1.82) is 0 Å². The summed E-state index contributed by atoms with van der Waals surface area (Å²) in [6, 6.07) is 12.3. The van der Waals surface area contributed by atoms with Crippen molar-refractivity contribution in [3.8, 4) is 0 Å². The first kappa shape index (κ1) is 23.2. The van der Waals surface area contributed by atoms with Gasteiger partial charge in [0, 0.05) is 18.7 Å². The highest BCUT2D eigenvalue weighted by atomic mass is 32.2. The Hall–Kier alpha value is -2.44. The summed E-state index contributed by atoms with van der Waals surface area (Å²) < 4.78 is 0.548. The minimum atomic E-state index is -0.0831. The van der Waals surface area contributed by atoms with Crippen LogP contribution in [0.3, 0.4) is 0 Å². The molecule has 0 saturated carbocycles. The van der Waals surface area contributed by atoms with Crippen molar-refractivity contribution in [2.24, 2.45) is 0 Å². The molecule has 2 aromatic carbocycles. The van der Waals surface area contributed by atoms with Gasteiger partial charge in [-0.05, 0) is 61.9 Å². The van der Waals surface area contributed by atoms with Crippen molar-refractivity contribution in [2.75, 3.05) is 11.9 Å². The normalized spacial score (nSPS) is 15.1. The van der Waals surface area contributed by atoms with E-state index in [1.165, 1.54) is 22.9 Å². The van der Waals surface area contributed by atoms with E-state index < -0.39 is 0 Å². The lowest BCUT2D eigenvalue weighted by Crippen LogP contribution is -2.29. The molecule has 162 valence electrons. The molecule has 0 aliphatic carbocycles. The fourth-order valence-electron chi connectivity index (χ4n) is 3.67. The van der Waals surface area contributed by atoms with Crippen LogP contribution in [0.4, 0.5) is 5.69 Å². The molecule has 3 rings (SSSR count). The Morgan fingerprint density at radius 2 is 1.77 bits per heavy atom. The smallest absolute Gasteiger partial charge is 0.266 e. The molecule has 1 aliphatic heterocycles. The largest absolute Gasteiger partial charge is 0.326 e. The summed E-state index contributed by atoms with van der Waals surface area (Å²) >= 11 is 6.73. The first-order valence-corrected chi connectivity index (χ1v) is 11.7. The van der Waals surface area contributed by atoms with Gasteiger partial charge >= 0.3 is 0 Å². The summed E-state index contributed by atoms with van der Waals surface area (Å²) in [6.45, 7) is 8.59. The van der Waals surface area contributed by atoms with Gasteiger partial charge in [0.1, 0.15) is 4.32 Å². The van der Waals surface area contributed by atoms with Gasteiger partial charge in [0.2, 0.25) is 5.91 Å². The second-order valence-electron chi connectivity index (χ2n) is 7.85. The van der Waals surface area contributed by atoms with E-state index in [4.69, 9.17) is 12.2 Å². The fourth-order valence-corrected chi connectivity index (χ4v) is 4.98. The number of rotatable bonds is 7. The molecule has 1 fully saturated rings. The molecule has 1 N–H and O–H groups in total. The highest BCUT2D eigenvalue weighted by Crippen LogP contribution is 2.32. The molecule has 2 amide bonds. The summed E-state index contributed by atoms with van der Waals surface area (Å²) in [6.07, 6.45) is 3.76. The standard InChI is InChI=1S/C25H28N2O2S2/c1-5-19-8-10-20(11-9-19)15-21-24(29)27(25(30)31-21)12-6-7-22(28)26-23-17(3)13-16(2)14-18(23)4/h8-11,13-15H,5-7,12H2,1-4H3,(H,26,28)/b21-15+. The Kier molecular flexibility index (Phi) is 7.68. The van der Waals surface area contributed by atoms with Crippen LogP contribution in [0.2, 0.25) is 0 Å². The lowest BCUT2D eigenvalue weighted by Gasteiger charge is -2.15. The highest BCUT2D eigenvalue weighted by Gasteiger charge is 2.31. The van der Waals surface area contributed by atoms with E-state index in [-0.39, 0.29) is 11.8 Å². The molecule has 1 aliphatic rings. The van der Waals surface area contributed by atoms with E-state index in [1.54, 1.807) is 4.90 Å². The van der Waals surface area contributed by atoms with Crippen LogP contribution in [0.1, 0.15) is 47.6 Å². The monoisotopic (exact) mass is 452 g/mol. The van der Waals surface area contributed by atoms with Crippen molar-refractivity contribution in [3.05, 3.63) is 69.1 Å². The maximum atomic E-state index is 12.8. The summed E-state index contributed by atoms with van der Waals surface area (Å²) in [5.74, 6) is -0.132. The number of thioether (sulfide) groups is 1. The predicted octanol–water partition coefficient (Wildman–Crippen LogP) is 5.79. The molecule has 1 heterocycles. The number of carbonyl (C=O) groups is 2. The second kappa shape index (κ2) is 10.2. The van der Waals surface area contributed by atoms with Crippen LogP contribution < -0.4 is 5.32 Å². The molecule has 0 unspecified atom stereocenters. The van der Waals surface area contributed by atoms with Crippen LogP contribution in [-0.2, 0) is 16.0 Å². The van der Waals surface area contributed by atoms with Crippen molar-refractivity contribution >= 4 is 51.9 Å². The van der Waals surface area contributed by atoms with Gasteiger partial charge in [-0.15, -0.1) is 0 Å². The fraction of sp³-hybridized carbons (Fsp3) is 0.320. The Morgan fingerprint density at radius 3 is 2.39 bits per heavy atom. The number of carbonyl (C=O) groups excluding carboxylic acids is 2. The zero-order valence-electron chi connectivity index (χ0n) is 18.5. The molecule has 31 heavy (non-hydrogen) atoms. The van der Waals surface area contributed by atoms with E-state index in [0.29, 0.717) is 28.6 Å². The van der Waals surface area contributed by atoms with E-state index in [2.05, 4.69) is 36.5 Å². The Balaban J connectivity index is 1.55. The molecule has 6 heteroatoms. The van der Waals surface area contributed by atoms with Crippen molar-refractivity contribution in [2.45, 2.75) is 47.0 Å². The van der Waals surface area contributed by atoms with E-state index >= 15 is 0 Å². The number of amides is 2. The zero-order chi connectivity index (χ0) is 22.5. The molecular formula is C25H28N2O2S2. The van der Waals surface area contributed by atoms with Gasteiger partial charge in [0.25, 0.3) is 5.91 Å². The van der Waals surface area contributed by atoms with Crippen LogP contribution in [-0.4, -0.2) is 27.6 Å². The third-order valence-corrected chi connectivity index (χ3v) is 6.66. The molecule has 2 aromatic rings. The van der Waals surface area contributed by atoms with Gasteiger partial charge in [-0.2, -0.15) is 0 Å². The molecule has 1 saturated heterocycles. The molecule has 0 spiro atoms. The van der Waals surface area contributed by atoms with Gasteiger partial charge in [-0.25, -0.2) is 0 Å². The van der Waals surface area contributed by atoms with E-state index in [9.17, 15) is 9.59 Å². The predicted molar refractivity (Wildman–Crippen MR) is 134 cm³/mol. The van der Waals surface area contributed by atoms with Gasteiger partial charge in [-0.1, -0.05) is 72.9 Å². The van der Waals surface area contributed by atoms with Crippen LogP contribution >= 0.6 is 24.0 Å². The number of hydrogen-bond donors (Lipinski definition) is 1. The van der Waals surface area contributed by atoms with Crippen LogP contribution in [0.15, 0.2) is 41.3 Å². The quantitative estimate of drug-likeness (QED) is 0.426. The number of nitrogens with zero attached hydrogens (tertiary/aromatic N) is 1. The lowest BCUT2D eigenvalue weighted by molar-refractivity contribution is -0.122. The molecule has 0 aromatic heterocycles. The average molecular weight is 453 g/mol. The summed E-state index contributed by atoms with van der Waals surface area (Å²) in [4.78, 5) is 27.4. The topological polar surface area (TPSA) is 49.4 Å². The van der Waals surface area contributed by atoms with Crippen molar-refractivity contribution < 1.29 is 9.59 Å². The molecular weight excluding hydrogens is 424 g/mol. The number of anilines is 1. The SMILES string of the molecule is CCc1ccc(/C=C2/SC(=S)N(CCCC(=O)Nc3c(C)cc(C)cc3C)C2=O)cc1. The number of thiocarbonyl (C=S) groups is 1. The zero-order valence-corrected chi connectivity index (χ0v) is 20.1. The van der Waals surface area contributed by atoms with Gasteiger partial charge in [0.05, 0.1) is 4.91 Å². The first-order valence-electron chi connectivity index (χ1n) is 10.5. The maximum Gasteiger partial charge on any atom is 0.266 e. The molecule has 0 bridgehead atoms. The Morgan fingerprint density at radius 1 is 1.13 bits per heavy atom. The number of nitrogens with one attached hydrogen (secondary N) is 1. The minimum absolute atomic E-state index is 0.0490. The number of hydrogen-bond acceptors (Lipinski definition) is 4. The Labute approximate surface area is 194 Å². The Bertz CT molecular complexity index is 1020. The number of aryl methyl sites for hydroxylation is 4. The average Bonchev–Trinajstić information content (AvgIpc) is 2.98. The summed E-state index contributed by atoms with van der Waals surface area (Å²) in [7, 11) is 0. The number of benzene rings is 2. The van der Waals surface area contributed by atoms with E-state index in [0.717, 1.165) is 28.8 Å². The van der Waals surface area contributed by atoms with Gasteiger partial charge in [0.15, 0.2) is 0 Å². The van der Waals surface area contributed by atoms with Crippen LogP contribution in [0.5, 0.6) is 0 Å². The third-order valence-electron chi connectivity index (χ3n) is 5.29. The lowest BCUT2D eigenvalue weighted by atomic mass is 10.0. The van der Waals surface area contributed by atoms with Crippen LogP contribution in [0, 0.1) is 20.8 Å². The minimum Gasteiger partial charge on any atom is -0.326 e. The van der Waals surface area contributed by atoms with Gasteiger partial charge < -0.3 is 5.32 Å². The van der Waals surface area contributed by atoms with Crippen LogP contribution in [0.25, 0.3) is 6.08 Å². The highest BCUT2D eigenvalue weighted by molar-refractivity contribution is 8.26. The second-order valence-corrected chi connectivity index (χ2v) is 9.53. The molecule has 0 atom stereocenters. The first-order chi connectivity index (χ1) is 14.8. The van der Waals surface area contributed by atoms with Crippen molar-refractivity contribution in [3.63, 3.8) is 0 Å². The molecule has 0 radical (unpaired) electrons. The summed E-state index contributed by atoms with van der Waals surface area (Å²) in [5, 5.41) is 3.01. The van der Waals surface area contributed by atoms with Crippen molar-refractivity contribution in [1.82, 2.24) is 4.90 Å². The third kappa shape index (κ3) is 5.83.